The van der Waals surface area contributed by atoms with Gasteiger partial charge in [0.25, 0.3) is 5.91 Å². The molecule has 2 aromatic rings. The Morgan fingerprint density at radius 1 is 1.32 bits per heavy atom. The van der Waals surface area contributed by atoms with Crippen LogP contribution >= 0.6 is 27.5 Å². The van der Waals surface area contributed by atoms with Crippen molar-refractivity contribution in [2.75, 3.05) is 25.1 Å². The second-order valence-electron chi connectivity index (χ2n) is 5.72. The van der Waals surface area contributed by atoms with Crippen molar-refractivity contribution in [2.24, 2.45) is 0 Å². The number of halogens is 2. The number of benzene rings is 2. The molecular weight excluding hydrogens is 408 g/mol. The zero-order chi connectivity index (χ0) is 18.0. The third-order valence-electron chi connectivity index (χ3n) is 3.95. The number of rotatable bonds is 4. The summed E-state index contributed by atoms with van der Waals surface area (Å²) in [5.41, 5.74) is 1.52. The monoisotopic (exact) mass is 422 g/mol. The van der Waals surface area contributed by atoms with E-state index in [0.717, 1.165) is 10.0 Å². The van der Waals surface area contributed by atoms with Gasteiger partial charge in [-0.2, -0.15) is 0 Å². The smallest absolute Gasteiger partial charge is 0.265 e. The van der Waals surface area contributed by atoms with Gasteiger partial charge in [0.2, 0.25) is 5.91 Å². The van der Waals surface area contributed by atoms with Gasteiger partial charge in [0.1, 0.15) is 12.3 Å². The van der Waals surface area contributed by atoms with Gasteiger partial charge in [-0.05, 0) is 29.8 Å². The van der Waals surface area contributed by atoms with E-state index in [9.17, 15) is 9.59 Å². The quantitative estimate of drug-likeness (QED) is 0.756. The maximum Gasteiger partial charge on any atom is 0.265 e. The normalized spacial score (nSPS) is 13.2. The van der Waals surface area contributed by atoms with Gasteiger partial charge in [-0.3, -0.25) is 14.5 Å². The summed E-state index contributed by atoms with van der Waals surface area (Å²) in [6, 6.07) is 12.7. The van der Waals surface area contributed by atoms with E-state index in [1.165, 1.54) is 4.90 Å². The van der Waals surface area contributed by atoms with Gasteiger partial charge < -0.3 is 9.64 Å². The SMILES string of the molecule is CN(Cc1ccccc1Br)C(=O)CN1C(=O)COc2ccc(Cl)cc21. The van der Waals surface area contributed by atoms with E-state index < -0.39 is 0 Å². The van der Waals surface area contributed by atoms with E-state index in [1.54, 1.807) is 30.1 Å². The lowest BCUT2D eigenvalue weighted by Crippen LogP contribution is -2.45. The average Bonchev–Trinajstić information content (AvgIpc) is 2.59. The number of likely N-dealkylation sites (N-methyl/N-ethyl adjacent to an activating group) is 1. The van der Waals surface area contributed by atoms with Gasteiger partial charge in [0.05, 0.1) is 5.69 Å². The number of anilines is 1. The van der Waals surface area contributed by atoms with E-state index in [4.69, 9.17) is 16.3 Å². The molecule has 0 saturated carbocycles. The Morgan fingerprint density at radius 2 is 2.08 bits per heavy atom. The Labute approximate surface area is 159 Å². The molecule has 0 bridgehead atoms. The predicted octanol–water partition coefficient (Wildman–Crippen LogP) is 3.49. The molecule has 0 radical (unpaired) electrons. The first-order valence-electron chi connectivity index (χ1n) is 7.66. The third-order valence-corrected chi connectivity index (χ3v) is 4.96. The molecule has 0 spiro atoms. The van der Waals surface area contributed by atoms with Crippen molar-refractivity contribution in [3.8, 4) is 5.75 Å². The largest absolute Gasteiger partial charge is 0.482 e. The molecule has 0 fully saturated rings. The molecule has 2 amide bonds. The maximum absolute atomic E-state index is 12.6. The van der Waals surface area contributed by atoms with Gasteiger partial charge in [0, 0.05) is 23.1 Å². The Kier molecular flexibility index (Phi) is 5.30. The van der Waals surface area contributed by atoms with Crippen molar-refractivity contribution in [1.82, 2.24) is 4.90 Å². The maximum atomic E-state index is 12.6. The minimum absolute atomic E-state index is 0.0590. The molecule has 0 N–H and O–H groups in total. The molecule has 130 valence electrons. The Hall–Kier alpha value is -2.05. The fourth-order valence-electron chi connectivity index (χ4n) is 2.57. The summed E-state index contributed by atoms with van der Waals surface area (Å²) < 4.78 is 6.33. The van der Waals surface area contributed by atoms with Crippen LogP contribution in [-0.4, -0.2) is 36.9 Å². The van der Waals surface area contributed by atoms with Crippen LogP contribution in [0.15, 0.2) is 46.9 Å². The summed E-state index contributed by atoms with van der Waals surface area (Å²) in [5.74, 6) is 0.111. The lowest BCUT2D eigenvalue weighted by molar-refractivity contribution is -0.131. The van der Waals surface area contributed by atoms with Crippen LogP contribution < -0.4 is 9.64 Å². The van der Waals surface area contributed by atoms with Crippen LogP contribution in [0.5, 0.6) is 5.75 Å². The first-order valence-corrected chi connectivity index (χ1v) is 8.83. The highest BCUT2D eigenvalue weighted by atomic mass is 79.9. The van der Waals surface area contributed by atoms with E-state index in [0.29, 0.717) is 23.0 Å². The zero-order valence-electron chi connectivity index (χ0n) is 13.5. The summed E-state index contributed by atoms with van der Waals surface area (Å²) in [6.45, 7) is 0.299. The molecule has 25 heavy (non-hydrogen) atoms. The van der Waals surface area contributed by atoms with Crippen molar-refractivity contribution in [1.29, 1.82) is 0 Å². The predicted molar refractivity (Wildman–Crippen MR) is 99.9 cm³/mol. The highest BCUT2D eigenvalue weighted by Crippen LogP contribution is 2.34. The standard InChI is InChI=1S/C18H16BrClN2O3/c1-21(9-12-4-2-3-5-14(12)19)17(23)10-22-15-8-13(20)6-7-16(15)25-11-18(22)24/h2-8H,9-11H2,1H3. The lowest BCUT2D eigenvalue weighted by Gasteiger charge is -2.30. The summed E-state index contributed by atoms with van der Waals surface area (Å²) in [5, 5.41) is 0.482. The van der Waals surface area contributed by atoms with Gasteiger partial charge >= 0.3 is 0 Å². The number of amides is 2. The summed E-state index contributed by atoms with van der Waals surface area (Å²) in [6.07, 6.45) is 0. The number of ether oxygens (including phenoxy) is 1. The fourth-order valence-corrected chi connectivity index (χ4v) is 3.15. The minimum atomic E-state index is -0.266. The Balaban J connectivity index is 1.75. The van der Waals surface area contributed by atoms with Crippen LogP contribution in [-0.2, 0) is 16.1 Å². The molecule has 1 aliphatic heterocycles. The summed E-state index contributed by atoms with van der Waals surface area (Å²) in [7, 11) is 1.71. The molecule has 1 aliphatic rings. The summed E-state index contributed by atoms with van der Waals surface area (Å²) in [4.78, 5) is 27.8. The minimum Gasteiger partial charge on any atom is -0.482 e. The van der Waals surface area contributed by atoms with Gasteiger partial charge in [-0.25, -0.2) is 0 Å². The van der Waals surface area contributed by atoms with Gasteiger partial charge in [-0.1, -0.05) is 45.7 Å². The van der Waals surface area contributed by atoms with Crippen molar-refractivity contribution < 1.29 is 14.3 Å². The number of fused-ring (bicyclic) bond motifs is 1. The first-order chi connectivity index (χ1) is 12.0. The van der Waals surface area contributed by atoms with Crippen molar-refractivity contribution >= 4 is 45.0 Å². The second kappa shape index (κ2) is 7.45. The number of carbonyl (C=O) groups excluding carboxylic acids is 2. The van der Waals surface area contributed by atoms with Crippen LogP contribution in [0.4, 0.5) is 5.69 Å². The average molecular weight is 424 g/mol. The topological polar surface area (TPSA) is 49.9 Å². The summed E-state index contributed by atoms with van der Waals surface area (Å²) >= 11 is 9.50. The Bertz CT molecular complexity index is 828. The molecule has 0 aromatic heterocycles. The highest BCUT2D eigenvalue weighted by Gasteiger charge is 2.28. The van der Waals surface area contributed by atoms with Crippen LogP contribution in [0.25, 0.3) is 0 Å². The molecular formula is C18H16BrClN2O3. The van der Waals surface area contributed by atoms with E-state index in [-0.39, 0.29) is 25.0 Å². The molecule has 0 aliphatic carbocycles. The molecule has 1 heterocycles. The fraction of sp³-hybridized carbons (Fsp3) is 0.222. The molecule has 0 atom stereocenters. The zero-order valence-corrected chi connectivity index (χ0v) is 15.9. The van der Waals surface area contributed by atoms with Crippen LogP contribution in [0.1, 0.15) is 5.56 Å². The lowest BCUT2D eigenvalue weighted by atomic mass is 10.2. The molecule has 7 heteroatoms. The second-order valence-corrected chi connectivity index (χ2v) is 7.01. The van der Waals surface area contributed by atoms with E-state index in [2.05, 4.69) is 15.9 Å². The molecule has 2 aromatic carbocycles. The van der Waals surface area contributed by atoms with Crippen LogP contribution in [0.2, 0.25) is 5.02 Å². The van der Waals surface area contributed by atoms with E-state index in [1.807, 2.05) is 24.3 Å². The highest BCUT2D eigenvalue weighted by molar-refractivity contribution is 9.10. The van der Waals surface area contributed by atoms with Gasteiger partial charge in [0.15, 0.2) is 6.61 Å². The molecule has 3 rings (SSSR count). The first kappa shape index (κ1) is 17.8. The Morgan fingerprint density at radius 3 is 2.84 bits per heavy atom. The number of nitrogens with zero attached hydrogens (tertiary/aromatic N) is 2. The van der Waals surface area contributed by atoms with Crippen LogP contribution in [0, 0.1) is 0 Å². The van der Waals surface area contributed by atoms with Crippen molar-refractivity contribution in [2.45, 2.75) is 6.54 Å². The molecule has 0 unspecified atom stereocenters. The van der Waals surface area contributed by atoms with Gasteiger partial charge in [-0.15, -0.1) is 0 Å². The third kappa shape index (κ3) is 3.96. The number of carbonyl (C=O) groups is 2. The van der Waals surface area contributed by atoms with Crippen molar-refractivity contribution in [3.63, 3.8) is 0 Å². The number of hydrogen-bond acceptors (Lipinski definition) is 3. The van der Waals surface area contributed by atoms with Crippen LogP contribution in [0.3, 0.4) is 0 Å². The molecule has 0 saturated heterocycles. The molecule has 5 nitrogen and oxygen atoms in total. The van der Waals surface area contributed by atoms with Crippen molar-refractivity contribution in [3.05, 3.63) is 57.5 Å². The van der Waals surface area contributed by atoms with E-state index >= 15 is 0 Å². The number of hydrogen-bond donors (Lipinski definition) is 0.